The van der Waals surface area contributed by atoms with Crippen LogP contribution in [0.1, 0.15) is 0 Å². The van der Waals surface area contributed by atoms with E-state index in [1.165, 1.54) is 0 Å². The zero-order valence-corrected chi connectivity index (χ0v) is 17.6. The minimum atomic E-state index is -4.38. The second-order valence-electron chi connectivity index (χ2n) is 3.90. The van der Waals surface area contributed by atoms with E-state index in [1.807, 2.05) is 0 Å². The molecule has 0 amide bonds. The molecule has 0 fully saturated rings. The van der Waals surface area contributed by atoms with Crippen LogP contribution in [-0.2, 0) is 20.2 Å². The molecule has 0 saturated heterocycles. The van der Waals surface area contributed by atoms with Crippen molar-refractivity contribution in [3.05, 3.63) is 48.5 Å². The molecule has 0 heterocycles. The Bertz CT molecular complexity index is 754. The quantitative estimate of drug-likeness (QED) is 0.454. The molecule has 0 bridgehead atoms. The molecule has 8 nitrogen and oxygen atoms in total. The van der Waals surface area contributed by atoms with Gasteiger partial charge < -0.3 is 19.3 Å². The third kappa shape index (κ3) is 8.19. The predicted octanol–water partition coefficient (Wildman–Crippen LogP) is 0.212. The first-order valence-electron chi connectivity index (χ1n) is 5.50. The molecule has 0 atom stereocenters. The largest absolute Gasteiger partial charge is 2.00 e. The van der Waals surface area contributed by atoms with Crippen molar-refractivity contribution < 1.29 is 36.2 Å². The molecule has 0 unspecified atom stereocenters. The molecule has 0 aromatic heterocycles. The van der Waals surface area contributed by atoms with Crippen LogP contribution >= 0.6 is 0 Å². The summed E-state index contributed by atoms with van der Waals surface area (Å²) in [4.78, 5) is -0.675. The third-order valence-corrected chi connectivity index (χ3v) is 3.95. The monoisotopic (exact) mass is 484 g/mol. The Morgan fingerprint density at radius 2 is 0.826 bits per heavy atom. The summed E-state index contributed by atoms with van der Waals surface area (Å²) in [5.41, 5.74) is 0. The maximum Gasteiger partial charge on any atom is 2.00 e. The van der Waals surface area contributed by atoms with Crippen LogP contribution in [0.3, 0.4) is 0 Å². The van der Waals surface area contributed by atoms with E-state index in [2.05, 4.69) is 0 Å². The molecule has 120 valence electrons. The SMILES string of the molecule is O=S(=O)([O-])c1ccc(O)cc1.O=S(=O)([O-])c1ccc(O)cc1.[Ba+2]. The second kappa shape index (κ2) is 9.06. The zero-order chi connectivity index (χ0) is 17.0. The van der Waals surface area contributed by atoms with E-state index in [-0.39, 0.29) is 70.2 Å². The Morgan fingerprint density at radius 3 is 1.00 bits per heavy atom. The molecule has 0 spiro atoms. The summed E-state index contributed by atoms with van der Waals surface area (Å²) >= 11 is 0. The normalized spacial score (nSPS) is 10.9. The van der Waals surface area contributed by atoms with Crippen LogP contribution in [0.25, 0.3) is 0 Å². The summed E-state index contributed by atoms with van der Waals surface area (Å²) in [5, 5.41) is 17.5. The van der Waals surface area contributed by atoms with Gasteiger partial charge in [0.15, 0.2) is 0 Å². The molecule has 2 aromatic rings. The summed E-state index contributed by atoms with van der Waals surface area (Å²) in [6, 6.07) is 8.79. The van der Waals surface area contributed by atoms with Gasteiger partial charge in [0.25, 0.3) is 0 Å². The van der Waals surface area contributed by atoms with E-state index >= 15 is 0 Å². The van der Waals surface area contributed by atoms with E-state index in [1.54, 1.807) is 0 Å². The molecule has 0 aliphatic carbocycles. The number of hydrogen-bond donors (Lipinski definition) is 2. The van der Waals surface area contributed by atoms with Crippen LogP contribution in [0.4, 0.5) is 0 Å². The van der Waals surface area contributed by atoms with Crippen molar-refractivity contribution in [3.63, 3.8) is 0 Å². The molecule has 0 saturated carbocycles. The second-order valence-corrected chi connectivity index (χ2v) is 6.66. The Labute approximate surface area is 173 Å². The van der Waals surface area contributed by atoms with Crippen molar-refractivity contribution in [2.75, 3.05) is 0 Å². The smallest absolute Gasteiger partial charge is 0.744 e. The first-order valence-corrected chi connectivity index (χ1v) is 8.31. The van der Waals surface area contributed by atoms with Crippen molar-refractivity contribution in [1.29, 1.82) is 0 Å². The number of rotatable bonds is 2. The summed E-state index contributed by atoms with van der Waals surface area (Å²) < 4.78 is 61.8. The average molecular weight is 484 g/mol. The standard InChI is InChI=1S/2C6H6O4S.Ba/c2*7-5-1-3-6(4-2-5)11(8,9)10;/h2*1-4,7H,(H,8,9,10);/q;;+2/p-2. The first kappa shape index (κ1) is 22.4. The van der Waals surface area contributed by atoms with E-state index in [0.717, 1.165) is 48.5 Å². The Morgan fingerprint density at radius 1 is 0.609 bits per heavy atom. The van der Waals surface area contributed by atoms with Gasteiger partial charge in [-0.15, -0.1) is 0 Å². The van der Waals surface area contributed by atoms with Crippen LogP contribution in [0.2, 0.25) is 0 Å². The molecule has 11 heteroatoms. The molecule has 0 aliphatic heterocycles. The fourth-order valence-corrected chi connectivity index (χ4v) is 2.16. The van der Waals surface area contributed by atoms with Crippen LogP contribution in [-0.4, -0.2) is 85.0 Å². The average Bonchev–Trinajstić information content (AvgIpc) is 2.38. The van der Waals surface area contributed by atoms with E-state index < -0.39 is 20.2 Å². The van der Waals surface area contributed by atoms with Gasteiger partial charge in [-0.3, -0.25) is 0 Å². The van der Waals surface area contributed by atoms with Gasteiger partial charge in [0.2, 0.25) is 0 Å². The van der Waals surface area contributed by atoms with Crippen LogP contribution in [0.5, 0.6) is 11.5 Å². The molecule has 2 aromatic carbocycles. The van der Waals surface area contributed by atoms with Gasteiger partial charge in [-0.05, 0) is 48.5 Å². The fourth-order valence-electron chi connectivity index (χ4n) is 1.23. The topological polar surface area (TPSA) is 155 Å². The van der Waals surface area contributed by atoms with E-state index in [9.17, 15) is 25.9 Å². The van der Waals surface area contributed by atoms with Gasteiger partial charge in [-0.25, -0.2) is 16.8 Å². The third-order valence-electron chi connectivity index (χ3n) is 2.25. The predicted molar refractivity (Wildman–Crippen MR) is 77.9 cm³/mol. The van der Waals surface area contributed by atoms with E-state index in [4.69, 9.17) is 10.2 Å². The van der Waals surface area contributed by atoms with Crippen molar-refractivity contribution in [2.45, 2.75) is 9.79 Å². The number of phenols is 2. The van der Waals surface area contributed by atoms with Crippen molar-refractivity contribution in [2.24, 2.45) is 0 Å². The Hall–Kier alpha value is -0.569. The van der Waals surface area contributed by atoms with Gasteiger partial charge in [-0.1, -0.05) is 0 Å². The number of hydrogen-bond acceptors (Lipinski definition) is 8. The Balaban J connectivity index is 0.000000403. The number of phenolic OH excluding ortho intramolecular Hbond substituents is 2. The van der Waals surface area contributed by atoms with Crippen molar-refractivity contribution in [1.82, 2.24) is 0 Å². The van der Waals surface area contributed by atoms with Gasteiger partial charge in [0, 0.05) is 0 Å². The van der Waals surface area contributed by atoms with Gasteiger partial charge in [-0.2, -0.15) is 0 Å². The molecule has 23 heavy (non-hydrogen) atoms. The summed E-state index contributed by atoms with van der Waals surface area (Å²) in [6.07, 6.45) is 0. The number of aromatic hydroxyl groups is 2. The summed E-state index contributed by atoms with van der Waals surface area (Å²) in [7, 11) is -8.76. The van der Waals surface area contributed by atoms with Crippen LogP contribution in [0, 0.1) is 0 Å². The van der Waals surface area contributed by atoms with Crippen molar-refractivity contribution >= 4 is 69.1 Å². The molecule has 2 rings (SSSR count). The van der Waals surface area contributed by atoms with Crippen LogP contribution in [0.15, 0.2) is 58.3 Å². The summed E-state index contributed by atoms with van der Waals surface area (Å²) in [5.74, 6) is -0.144. The summed E-state index contributed by atoms with van der Waals surface area (Å²) in [6.45, 7) is 0. The maximum absolute atomic E-state index is 10.3. The molecular weight excluding hydrogens is 474 g/mol. The van der Waals surface area contributed by atoms with Crippen molar-refractivity contribution in [3.8, 4) is 11.5 Å². The minimum Gasteiger partial charge on any atom is -0.744 e. The molecule has 2 N–H and O–H groups in total. The molecule has 0 aliphatic rings. The zero-order valence-electron chi connectivity index (χ0n) is 11.5. The van der Waals surface area contributed by atoms with Gasteiger partial charge >= 0.3 is 48.9 Å². The number of benzene rings is 2. The molecule has 0 radical (unpaired) electrons. The van der Waals surface area contributed by atoms with Crippen LogP contribution < -0.4 is 0 Å². The fraction of sp³-hybridized carbons (Fsp3) is 0. The maximum atomic E-state index is 10.3. The van der Waals surface area contributed by atoms with Gasteiger partial charge in [0.1, 0.15) is 31.7 Å². The van der Waals surface area contributed by atoms with Gasteiger partial charge in [0.05, 0.1) is 9.79 Å². The molecular formula is C12H10BaO8S2. The van der Waals surface area contributed by atoms with E-state index in [0.29, 0.717) is 0 Å². The first-order chi connectivity index (χ1) is 10.00. The minimum absolute atomic E-state index is 0. The Kier molecular flexibility index (Phi) is 8.83.